The van der Waals surface area contributed by atoms with Gasteiger partial charge in [-0.2, -0.15) is 0 Å². The Hall–Kier alpha value is -0.530. The van der Waals surface area contributed by atoms with Crippen molar-refractivity contribution >= 4 is 12.4 Å². The molecule has 20 heavy (non-hydrogen) atoms. The van der Waals surface area contributed by atoms with Gasteiger partial charge in [0, 0.05) is 6.04 Å². The zero-order valence-electron chi connectivity index (χ0n) is 12.9. The van der Waals surface area contributed by atoms with E-state index in [1.54, 1.807) is 0 Å². The predicted molar refractivity (Wildman–Crippen MR) is 90.7 cm³/mol. The topological polar surface area (TPSA) is 3.24 Å². The highest BCUT2D eigenvalue weighted by Crippen LogP contribution is 2.20. The molecule has 1 aromatic rings. The van der Waals surface area contributed by atoms with Gasteiger partial charge in [-0.15, -0.1) is 12.4 Å². The van der Waals surface area contributed by atoms with E-state index in [4.69, 9.17) is 0 Å². The van der Waals surface area contributed by atoms with Crippen LogP contribution in [0, 0.1) is 0 Å². The van der Waals surface area contributed by atoms with E-state index in [0.29, 0.717) is 0 Å². The summed E-state index contributed by atoms with van der Waals surface area (Å²) in [5, 5.41) is 0. The van der Waals surface area contributed by atoms with Crippen LogP contribution in [0.1, 0.15) is 57.4 Å². The predicted octanol–water partition coefficient (Wildman–Crippen LogP) is 5.09. The fourth-order valence-corrected chi connectivity index (χ4v) is 3.21. The first-order valence-electron chi connectivity index (χ1n) is 8.18. The second kappa shape index (κ2) is 10.2. The highest BCUT2D eigenvalue weighted by molar-refractivity contribution is 5.85. The summed E-state index contributed by atoms with van der Waals surface area (Å²) in [7, 11) is 0. The molecular weight excluding hydrogens is 266 g/mol. The number of hydrogen-bond acceptors (Lipinski definition) is 1. The van der Waals surface area contributed by atoms with Gasteiger partial charge < -0.3 is 4.90 Å². The van der Waals surface area contributed by atoms with E-state index in [1.807, 2.05) is 0 Å². The van der Waals surface area contributed by atoms with Crippen LogP contribution in [-0.4, -0.2) is 24.0 Å². The third-order valence-corrected chi connectivity index (χ3v) is 4.36. The van der Waals surface area contributed by atoms with E-state index in [1.165, 1.54) is 70.0 Å². The number of rotatable bonds is 8. The first kappa shape index (κ1) is 17.5. The monoisotopic (exact) mass is 295 g/mol. The number of hydrogen-bond donors (Lipinski definition) is 0. The Morgan fingerprint density at radius 2 is 1.70 bits per heavy atom. The van der Waals surface area contributed by atoms with Crippen LogP contribution in [0.2, 0.25) is 0 Å². The van der Waals surface area contributed by atoms with E-state index in [-0.39, 0.29) is 12.4 Å². The summed E-state index contributed by atoms with van der Waals surface area (Å²) in [5.74, 6) is 0. The Morgan fingerprint density at radius 1 is 1.00 bits per heavy atom. The van der Waals surface area contributed by atoms with Crippen LogP contribution in [0.25, 0.3) is 0 Å². The van der Waals surface area contributed by atoms with Gasteiger partial charge in [0.1, 0.15) is 0 Å². The lowest BCUT2D eigenvalue weighted by atomic mass is 9.99. The molecule has 1 aliphatic heterocycles. The second-order valence-corrected chi connectivity index (χ2v) is 5.94. The lowest BCUT2D eigenvalue weighted by molar-refractivity contribution is 0.224. The summed E-state index contributed by atoms with van der Waals surface area (Å²) in [5.41, 5.74) is 1.51. The molecule has 114 valence electrons. The maximum Gasteiger partial charge on any atom is 0.0136 e. The smallest absolute Gasteiger partial charge is 0.0136 e. The van der Waals surface area contributed by atoms with Gasteiger partial charge in [-0.1, -0.05) is 62.9 Å². The quantitative estimate of drug-likeness (QED) is 0.604. The number of likely N-dealkylation sites (tertiary alicyclic amines) is 1. The molecule has 0 amide bonds. The molecule has 2 rings (SSSR count). The van der Waals surface area contributed by atoms with Gasteiger partial charge in [-0.25, -0.2) is 0 Å². The van der Waals surface area contributed by atoms with Gasteiger partial charge in [-0.3, -0.25) is 0 Å². The zero-order chi connectivity index (χ0) is 13.3. The Bertz CT molecular complexity index is 333. The summed E-state index contributed by atoms with van der Waals surface area (Å²) in [6, 6.07) is 11.8. The van der Waals surface area contributed by atoms with Crippen LogP contribution in [0.15, 0.2) is 30.3 Å². The molecule has 0 spiro atoms. The Kier molecular flexibility index (Phi) is 8.97. The van der Waals surface area contributed by atoms with Crippen molar-refractivity contribution in [2.75, 3.05) is 13.1 Å². The van der Waals surface area contributed by atoms with Gasteiger partial charge in [0.05, 0.1) is 0 Å². The molecule has 0 aliphatic carbocycles. The molecule has 0 bridgehead atoms. The molecule has 1 saturated heterocycles. The molecule has 0 saturated carbocycles. The van der Waals surface area contributed by atoms with Gasteiger partial charge in [0.15, 0.2) is 0 Å². The van der Waals surface area contributed by atoms with Crippen LogP contribution in [0.3, 0.4) is 0 Å². The minimum Gasteiger partial charge on any atom is -0.300 e. The van der Waals surface area contributed by atoms with Crippen LogP contribution in [0.4, 0.5) is 0 Å². The van der Waals surface area contributed by atoms with Crippen LogP contribution in [-0.2, 0) is 6.42 Å². The van der Waals surface area contributed by atoms with Crippen molar-refractivity contribution < 1.29 is 0 Å². The third kappa shape index (κ3) is 5.85. The molecule has 1 aromatic carbocycles. The number of halogens is 1. The summed E-state index contributed by atoms with van der Waals surface area (Å²) in [6.07, 6.45) is 11.0. The van der Waals surface area contributed by atoms with E-state index in [9.17, 15) is 0 Å². The lowest BCUT2D eigenvalue weighted by Gasteiger charge is -2.27. The maximum absolute atomic E-state index is 2.74. The fourth-order valence-electron chi connectivity index (χ4n) is 3.21. The molecule has 1 heterocycles. The third-order valence-electron chi connectivity index (χ3n) is 4.36. The Balaban J connectivity index is 0.00000200. The summed E-state index contributed by atoms with van der Waals surface area (Å²) >= 11 is 0. The van der Waals surface area contributed by atoms with Crippen LogP contribution >= 0.6 is 12.4 Å². The number of nitrogens with zero attached hydrogens (tertiary/aromatic N) is 1. The molecule has 1 nitrogen and oxygen atoms in total. The molecule has 0 N–H and O–H groups in total. The molecule has 1 aliphatic rings. The summed E-state index contributed by atoms with van der Waals surface area (Å²) in [4.78, 5) is 2.74. The van der Waals surface area contributed by atoms with E-state index < -0.39 is 0 Å². The van der Waals surface area contributed by atoms with Crippen LogP contribution < -0.4 is 0 Å². The van der Waals surface area contributed by atoms with Gasteiger partial charge in [0.25, 0.3) is 0 Å². The Morgan fingerprint density at radius 3 is 2.35 bits per heavy atom. The average molecular weight is 296 g/mol. The van der Waals surface area contributed by atoms with Crippen molar-refractivity contribution in [2.45, 2.75) is 64.3 Å². The minimum absolute atomic E-state index is 0. The van der Waals surface area contributed by atoms with Crippen molar-refractivity contribution in [3.63, 3.8) is 0 Å². The SMILES string of the molecule is CCCCCCC(Cc1ccccc1)N1CCCC1.Cl. The molecule has 1 atom stereocenters. The van der Waals surface area contributed by atoms with Crippen molar-refractivity contribution in [3.8, 4) is 0 Å². The molecule has 0 radical (unpaired) electrons. The van der Waals surface area contributed by atoms with E-state index in [0.717, 1.165) is 6.04 Å². The minimum atomic E-state index is 0. The van der Waals surface area contributed by atoms with Crippen molar-refractivity contribution in [1.82, 2.24) is 4.90 Å². The normalized spacial score (nSPS) is 16.9. The van der Waals surface area contributed by atoms with E-state index in [2.05, 4.69) is 42.2 Å². The molecule has 0 aromatic heterocycles. The lowest BCUT2D eigenvalue weighted by Crippen LogP contribution is -2.34. The standard InChI is InChI=1S/C18H29N.ClH/c1-2-3-4-8-13-18(19-14-9-10-15-19)16-17-11-6-5-7-12-17;/h5-7,11-12,18H,2-4,8-10,13-16H2,1H3;1H. The average Bonchev–Trinajstić information content (AvgIpc) is 2.97. The zero-order valence-corrected chi connectivity index (χ0v) is 13.7. The number of benzene rings is 1. The Labute approximate surface area is 131 Å². The van der Waals surface area contributed by atoms with Crippen molar-refractivity contribution in [3.05, 3.63) is 35.9 Å². The van der Waals surface area contributed by atoms with Gasteiger partial charge in [0.2, 0.25) is 0 Å². The largest absolute Gasteiger partial charge is 0.300 e. The highest BCUT2D eigenvalue weighted by atomic mass is 35.5. The highest BCUT2D eigenvalue weighted by Gasteiger charge is 2.21. The molecule has 1 unspecified atom stereocenters. The van der Waals surface area contributed by atoms with Gasteiger partial charge >= 0.3 is 0 Å². The molecule has 2 heteroatoms. The maximum atomic E-state index is 2.74. The summed E-state index contributed by atoms with van der Waals surface area (Å²) < 4.78 is 0. The van der Waals surface area contributed by atoms with Crippen molar-refractivity contribution in [1.29, 1.82) is 0 Å². The van der Waals surface area contributed by atoms with E-state index >= 15 is 0 Å². The second-order valence-electron chi connectivity index (χ2n) is 5.94. The fraction of sp³-hybridized carbons (Fsp3) is 0.667. The first-order chi connectivity index (χ1) is 9.40. The van der Waals surface area contributed by atoms with Crippen molar-refractivity contribution in [2.24, 2.45) is 0 Å². The molecule has 1 fully saturated rings. The summed E-state index contributed by atoms with van der Waals surface area (Å²) in [6.45, 7) is 4.94. The molecular formula is C18H30ClN. The first-order valence-corrected chi connectivity index (χ1v) is 8.18. The van der Waals surface area contributed by atoms with Gasteiger partial charge in [-0.05, 0) is 44.3 Å². The number of unbranched alkanes of at least 4 members (excludes halogenated alkanes) is 3. The van der Waals surface area contributed by atoms with Crippen LogP contribution in [0.5, 0.6) is 0 Å².